The van der Waals surface area contributed by atoms with Crippen molar-refractivity contribution in [2.45, 2.75) is 13.3 Å². The van der Waals surface area contributed by atoms with E-state index in [2.05, 4.69) is 20.7 Å². The maximum Gasteiger partial charge on any atom is 0.239 e. The van der Waals surface area contributed by atoms with Crippen LogP contribution in [0, 0.1) is 0 Å². The fourth-order valence-corrected chi connectivity index (χ4v) is 1.64. The second kappa shape index (κ2) is 6.97. The summed E-state index contributed by atoms with van der Waals surface area (Å²) in [5.41, 5.74) is 2.35. The molecule has 1 aromatic rings. The molecule has 0 saturated carbocycles. The zero-order chi connectivity index (χ0) is 13.5. The van der Waals surface area contributed by atoms with E-state index in [4.69, 9.17) is 17.4 Å². The second-order valence-electron chi connectivity index (χ2n) is 3.60. The van der Waals surface area contributed by atoms with Crippen LogP contribution in [0.15, 0.2) is 6.20 Å². The first-order valence-corrected chi connectivity index (χ1v) is 5.94. The molecule has 8 heteroatoms. The van der Waals surface area contributed by atoms with Gasteiger partial charge in [0.25, 0.3) is 0 Å². The number of hydrogen-bond donors (Lipinski definition) is 3. The van der Waals surface area contributed by atoms with Crippen molar-refractivity contribution in [2.75, 3.05) is 30.5 Å². The predicted molar refractivity (Wildman–Crippen MR) is 71.4 cm³/mol. The fourth-order valence-electron chi connectivity index (χ4n) is 1.43. The number of halogens is 1. The quantitative estimate of drug-likeness (QED) is 0.512. The van der Waals surface area contributed by atoms with Gasteiger partial charge in [0.1, 0.15) is 5.02 Å². The van der Waals surface area contributed by atoms with Crippen LogP contribution in [-0.4, -0.2) is 36.0 Å². The standard InChI is InChI=1S/C10H17ClN6O/c1-3-4-17(6-8(18)13-2)9-7(11)5-14-10(15-9)16-12/h5H,3-4,6,12H2,1-2H3,(H,13,18)(H,14,15,16). The Labute approximate surface area is 111 Å². The van der Waals surface area contributed by atoms with E-state index >= 15 is 0 Å². The zero-order valence-corrected chi connectivity index (χ0v) is 11.2. The molecule has 100 valence electrons. The van der Waals surface area contributed by atoms with E-state index in [1.165, 1.54) is 6.20 Å². The Bertz CT molecular complexity index is 413. The van der Waals surface area contributed by atoms with Crippen molar-refractivity contribution in [1.29, 1.82) is 0 Å². The Hall–Kier alpha value is -1.60. The molecule has 0 saturated heterocycles. The number of nitrogen functional groups attached to an aromatic ring is 1. The van der Waals surface area contributed by atoms with Crippen molar-refractivity contribution in [3.05, 3.63) is 11.2 Å². The predicted octanol–water partition coefficient (Wildman–Crippen LogP) is 0.378. The van der Waals surface area contributed by atoms with E-state index < -0.39 is 0 Å². The molecule has 1 aromatic heterocycles. The monoisotopic (exact) mass is 272 g/mol. The fraction of sp³-hybridized carbons (Fsp3) is 0.500. The second-order valence-corrected chi connectivity index (χ2v) is 4.01. The number of anilines is 2. The number of likely N-dealkylation sites (N-methyl/N-ethyl adjacent to an activating group) is 1. The van der Waals surface area contributed by atoms with Crippen LogP contribution in [0.25, 0.3) is 0 Å². The summed E-state index contributed by atoms with van der Waals surface area (Å²) in [5.74, 6) is 5.89. The Kier molecular flexibility index (Phi) is 5.60. The summed E-state index contributed by atoms with van der Waals surface area (Å²) in [4.78, 5) is 21.3. The molecule has 1 heterocycles. The molecule has 1 amide bonds. The van der Waals surface area contributed by atoms with Gasteiger partial charge in [-0.05, 0) is 6.42 Å². The molecular formula is C10H17ClN6O. The van der Waals surface area contributed by atoms with Gasteiger partial charge in [-0.1, -0.05) is 18.5 Å². The number of rotatable bonds is 6. The molecule has 0 fully saturated rings. The van der Waals surface area contributed by atoms with Gasteiger partial charge in [-0.25, -0.2) is 10.8 Å². The zero-order valence-electron chi connectivity index (χ0n) is 10.4. The van der Waals surface area contributed by atoms with Gasteiger partial charge in [-0.2, -0.15) is 4.98 Å². The highest BCUT2D eigenvalue weighted by molar-refractivity contribution is 6.32. The summed E-state index contributed by atoms with van der Waals surface area (Å²) in [6.07, 6.45) is 2.31. The molecule has 4 N–H and O–H groups in total. The number of hydrazine groups is 1. The van der Waals surface area contributed by atoms with Crippen LogP contribution >= 0.6 is 11.6 Å². The SMILES string of the molecule is CCCN(CC(=O)NC)c1nc(NN)ncc1Cl. The normalized spacial score (nSPS) is 10.0. The summed E-state index contributed by atoms with van der Waals surface area (Å²) >= 11 is 6.04. The molecule has 0 atom stereocenters. The third-order valence-corrected chi connectivity index (χ3v) is 2.53. The van der Waals surface area contributed by atoms with Gasteiger partial charge in [-0.3, -0.25) is 10.2 Å². The highest BCUT2D eigenvalue weighted by Gasteiger charge is 2.15. The molecule has 7 nitrogen and oxygen atoms in total. The molecule has 0 bridgehead atoms. The molecule has 0 radical (unpaired) electrons. The lowest BCUT2D eigenvalue weighted by molar-refractivity contribution is -0.119. The van der Waals surface area contributed by atoms with E-state index in [9.17, 15) is 4.79 Å². The van der Waals surface area contributed by atoms with Crippen LogP contribution in [0.4, 0.5) is 11.8 Å². The van der Waals surface area contributed by atoms with Crippen molar-refractivity contribution in [1.82, 2.24) is 15.3 Å². The molecule has 18 heavy (non-hydrogen) atoms. The average Bonchev–Trinajstić information content (AvgIpc) is 2.38. The summed E-state index contributed by atoms with van der Waals surface area (Å²) in [6.45, 7) is 2.85. The van der Waals surface area contributed by atoms with Gasteiger partial charge >= 0.3 is 0 Å². The van der Waals surface area contributed by atoms with E-state index in [1.54, 1.807) is 11.9 Å². The first kappa shape index (κ1) is 14.5. The van der Waals surface area contributed by atoms with Crippen LogP contribution in [0.3, 0.4) is 0 Å². The number of nitrogens with zero attached hydrogens (tertiary/aromatic N) is 3. The topological polar surface area (TPSA) is 96.2 Å². The Balaban J connectivity index is 2.99. The molecule has 0 aliphatic rings. The van der Waals surface area contributed by atoms with Crippen LogP contribution in [0.2, 0.25) is 5.02 Å². The summed E-state index contributed by atoms with van der Waals surface area (Å²) in [5, 5.41) is 2.95. The van der Waals surface area contributed by atoms with Crippen LogP contribution < -0.4 is 21.5 Å². The van der Waals surface area contributed by atoms with Crippen LogP contribution in [0.1, 0.15) is 13.3 Å². The minimum Gasteiger partial charge on any atom is -0.358 e. The van der Waals surface area contributed by atoms with E-state index in [-0.39, 0.29) is 18.4 Å². The number of amides is 1. The maximum absolute atomic E-state index is 11.5. The van der Waals surface area contributed by atoms with Gasteiger partial charge in [0.05, 0.1) is 12.7 Å². The van der Waals surface area contributed by atoms with Crippen LogP contribution in [-0.2, 0) is 4.79 Å². The Morgan fingerprint density at radius 3 is 2.89 bits per heavy atom. The van der Waals surface area contributed by atoms with Gasteiger partial charge in [0.15, 0.2) is 5.82 Å². The molecule has 0 aromatic carbocycles. The van der Waals surface area contributed by atoms with E-state index in [0.717, 1.165) is 6.42 Å². The third-order valence-electron chi connectivity index (χ3n) is 2.26. The first-order valence-electron chi connectivity index (χ1n) is 5.57. The summed E-state index contributed by atoms with van der Waals surface area (Å²) < 4.78 is 0. The van der Waals surface area contributed by atoms with Crippen molar-refractivity contribution in [3.8, 4) is 0 Å². The average molecular weight is 273 g/mol. The molecule has 0 spiro atoms. The van der Waals surface area contributed by atoms with Gasteiger partial charge in [0, 0.05) is 13.6 Å². The lowest BCUT2D eigenvalue weighted by atomic mass is 10.3. The van der Waals surface area contributed by atoms with Crippen LogP contribution in [0.5, 0.6) is 0 Å². The Morgan fingerprint density at radius 1 is 1.61 bits per heavy atom. The minimum atomic E-state index is -0.111. The molecule has 0 aliphatic heterocycles. The smallest absolute Gasteiger partial charge is 0.239 e. The first-order chi connectivity index (χ1) is 8.62. The number of nitrogens with two attached hydrogens (primary N) is 1. The number of carbonyl (C=O) groups is 1. The lowest BCUT2D eigenvalue weighted by Gasteiger charge is -2.23. The Morgan fingerprint density at radius 2 is 2.33 bits per heavy atom. The minimum absolute atomic E-state index is 0.111. The van der Waals surface area contributed by atoms with Crippen molar-refractivity contribution >= 4 is 29.3 Å². The maximum atomic E-state index is 11.5. The molecule has 0 aliphatic carbocycles. The highest BCUT2D eigenvalue weighted by Crippen LogP contribution is 2.23. The molecule has 1 rings (SSSR count). The number of nitrogens with one attached hydrogen (secondary N) is 2. The molecule has 0 unspecified atom stereocenters. The summed E-state index contributed by atoms with van der Waals surface area (Å²) in [6, 6.07) is 0. The number of aromatic nitrogens is 2. The highest BCUT2D eigenvalue weighted by atomic mass is 35.5. The van der Waals surface area contributed by atoms with Gasteiger partial charge < -0.3 is 10.2 Å². The largest absolute Gasteiger partial charge is 0.358 e. The van der Waals surface area contributed by atoms with Crippen molar-refractivity contribution < 1.29 is 4.79 Å². The van der Waals surface area contributed by atoms with Gasteiger partial charge in [-0.15, -0.1) is 0 Å². The lowest BCUT2D eigenvalue weighted by Crippen LogP contribution is -2.37. The van der Waals surface area contributed by atoms with E-state index in [1.807, 2.05) is 6.92 Å². The van der Waals surface area contributed by atoms with Crippen molar-refractivity contribution in [3.63, 3.8) is 0 Å². The van der Waals surface area contributed by atoms with E-state index in [0.29, 0.717) is 17.4 Å². The van der Waals surface area contributed by atoms with Gasteiger partial charge in [0.2, 0.25) is 11.9 Å². The number of carbonyl (C=O) groups excluding carboxylic acids is 1. The third kappa shape index (κ3) is 3.71. The summed E-state index contributed by atoms with van der Waals surface area (Å²) in [7, 11) is 1.58. The van der Waals surface area contributed by atoms with Crippen molar-refractivity contribution in [2.24, 2.45) is 5.84 Å². The number of hydrogen-bond acceptors (Lipinski definition) is 6. The molecular weight excluding hydrogens is 256 g/mol.